The minimum absolute atomic E-state index is 0.881. The Hall–Kier alpha value is -1.55. The third-order valence-corrected chi connectivity index (χ3v) is 4.00. The molecule has 0 fully saturated rings. The van der Waals surface area contributed by atoms with E-state index < -0.39 is 0 Å². The molecule has 0 aliphatic rings. The van der Waals surface area contributed by atoms with E-state index in [1.165, 1.54) is 18.5 Å². The molecule has 0 aliphatic heterocycles. The Morgan fingerprint density at radius 1 is 1.04 bits per heavy atom. The Balaban J connectivity index is 2.43. The molecule has 4 nitrogen and oxygen atoms in total. The molecule has 0 saturated heterocycles. The van der Waals surface area contributed by atoms with Gasteiger partial charge >= 0.3 is 0 Å². The number of benzene rings is 1. The maximum atomic E-state index is 4.77. The van der Waals surface area contributed by atoms with Gasteiger partial charge in [-0.15, -0.1) is 0 Å². The maximum absolute atomic E-state index is 4.77. The Kier molecular flexibility index (Phi) is 10.1. The normalized spacial score (nSPS) is 11.8. The lowest BCUT2D eigenvalue weighted by atomic mass is 10.2. The molecule has 0 bridgehead atoms. The summed E-state index contributed by atoms with van der Waals surface area (Å²) in [6.45, 7) is 12.7. The standard InChI is InChI=1S/C19H34N4/c1-5-20-19(21-15-11-12-16-23(6-2)7-3)22(4)17-18-13-9-8-10-14-18/h8-10,13-14H,5-7,11-12,15-17H2,1-4H3,(H,20,21). The van der Waals surface area contributed by atoms with E-state index in [0.717, 1.165) is 45.1 Å². The topological polar surface area (TPSA) is 30.9 Å². The van der Waals surface area contributed by atoms with Crippen molar-refractivity contribution in [2.24, 2.45) is 4.99 Å². The van der Waals surface area contributed by atoms with Crippen molar-refractivity contribution in [3.05, 3.63) is 35.9 Å². The highest BCUT2D eigenvalue weighted by molar-refractivity contribution is 5.79. The first-order chi connectivity index (χ1) is 11.2. The van der Waals surface area contributed by atoms with Gasteiger partial charge in [0.15, 0.2) is 5.96 Å². The van der Waals surface area contributed by atoms with Crippen molar-refractivity contribution in [1.29, 1.82) is 0 Å². The van der Waals surface area contributed by atoms with Crippen molar-refractivity contribution in [2.75, 3.05) is 39.8 Å². The van der Waals surface area contributed by atoms with Crippen LogP contribution >= 0.6 is 0 Å². The second-order valence-electron chi connectivity index (χ2n) is 5.81. The number of guanidine groups is 1. The summed E-state index contributed by atoms with van der Waals surface area (Å²) in [6.07, 6.45) is 2.36. The molecule has 0 saturated carbocycles. The van der Waals surface area contributed by atoms with Crippen molar-refractivity contribution >= 4 is 5.96 Å². The number of hydrogen-bond donors (Lipinski definition) is 1. The van der Waals surface area contributed by atoms with Gasteiger partial charge in [0.1, 0.15) is 0 Å². The van der Waals surface area contributed by atoms with E-state index in [4.69, 9.17) is 4.99 Å². The van der Waals surface area contributed by atoms with E-state index in [-0.39, 0.29) is 0 Å². The fourth-order valence-corrected chi connectivity index (χ4v) is 2.57. The molecule has 0 heterocycles. The number of hydrogen-bond acceptors (Lipinski definition) is 2. The summed E-state index contributed by atoms with van der Waals surface area (Å²) in [5.74, 6) is 0.999. The minimum atomic E-state index is 0.881. The number of nitrogens with zero attached hydrogens (tertiary/aromatic N) is 3. The highest BCUT2D eigenvalue weighted by Gasteiger charge is 2.06. The molecule has 1 aromatic carbocycles. The Bertz CT molecular complexity index is 426. The van der Waals surface area contributed by atoms with E-state index in [0.29, 0.717) is 0 Å². The summed E-state index contributed by atoms with van der Waals surface area (Å²) in [4.78, 5) is 9.44. The third kappa shape index (κ3) is 8.03. The molecule has 1 rings (SSSR count). The van der Waals surface area contributed by atoms with Gasteiger partial charge in [-0.25, -0.2) is 0 Å². The van der Waals surface area contributed by atoms with E-state index in [9.17, 15) is 0 Å². The minimum Gasteiger partial charge on any atom is -0.357 e. The predicted molar refractivity (Wildman–Crippen MR) is 101 cm³/mol. The van der Waals surface area contributed by atoms with Crippen molar-refractivity contribution < 1.29 is 0 Å². The van der Waals surface area contributed by atoms with Crippen LogP contribution in [-0.2, 0) is 6.54 Å². The molecule has 0 aromatic heterocycles. The first-order valence-electron chi connectivity index (χ1n) is 8.96. The summed E-state index contributed by atoms with van der Waals surface area (Å²) in [5, 5.41) is 3.39. The Labute approximate surface area is 142 Å². The zero-order valence-electron chi connectivity index (χ0n) is 15.4. The summed E-state index contributed by atoms with van der Waals surface area (Å²) in [5.41, 5.74) is 1.31. The Morgan fingerprint density at radius 2 is 1.74 bits per heavy atom. The van der Waals surface area contributed by atoms with E-state index in [1.54, 1.807) is 0 Å². The van der Waals surface area contributed by atoms with Crippen LogP contribution in [0.15, 0.2) is 35.3 Å². The monoisotopic (exact) mass is 318 g/mol. The van der Waals surface area contributed by atoms with Crippen LogP contribution in [0, 0.1) is 0 Å². The molecule has 1 aromatic rings. The molecular weight excluding hydrogens is 284 g/mol. The van der Waals surface area contributed by atoms with E-state index in [2.05, 4.69) is 73.3 Å². The first-order valence-corrected chi connectivity index (χ1v) is 8.96. The molecule has 23 heavy (non-hydrogen) atoms. The molecule has 0 aliphatic carbocycles. The highest BCUT2D eigenvalue weighted by Crippen LogP contribution is 2.03. The summed E-state index contributed by atoms with van der Waals surface area (Å²) >= 11 is 0. The summed E-state index contributed by atoms with van der Waals surface area (Å²) < 4.78 is 0. The second-order valence-corrected chi connectivity index (χ2v) is 5.81. The van der Waals surface area contributed by atoms with Gasteiger partial charge in [0.25, 0.3) is 0 Å². The van der Waals surface area contributed by atoms with Crippen molar-refractivity contribution in [3.8, 4) is 0 Å². The van der Waals surface area contributed by atoms with Crippen molar-refractivity contribution in [2.45, 2.75) is 40.2 Å². The van der Waals surface area contributed by atoms with Crippen LogP contribution in [0.25, 0.3) is 0 Å². The number of aliphatic imine (C=N–C) groups is 1. The third-order valence-electron chi connectivity index (χ3n) is 4.00. The molecule has 0 atom stereocenters. The lowest BCUT2D eigenvalue weighted by Gasteiger charge is -2.22. The van der Waals surface area contributed by atoms with Crippen LogP contribution in [0.1, 0.15) is 39.2 Å². The average molecular weight is 319 g/mol. The number of unbranched alkanes of at least 4 members (excludes halogenated alkanes) is 1. The molecular formula is C19H34N4. The van der Waals surface area contributed by atoms with Gasteiger partial charge in [-0.2, -0.15) is 0 Å². The molecule has 1 N–H and O–H groups in total. The van der Waals surface area contributed by atoms with Gasteiger partial charge in [-0.1, -0.05) is 44.2 Å². The van der Waals surface area contributed by atoms with Gasteiger partial charge < -0.3 is 15.1 Å². The van der Waals surface area contributed by atoms with Crippen LogP contribution in [-0.4, -0.2) is 55.5 Å². The summed E-state index contributed by atoms with van der Waals surface area (Å²) in [7, 11) is 2.10. The van der Waals surface area contributed by atoms with E-state index >= 15 is 0 Å². The zero-order valence-corrected chi connectivity index (χ0v) is 15.4. The molecule has 0 spiro atoms. The van der Waals surface area contributed by atoms with Gasteiger partial charge in [0, 0.05) is 26.7 Å². The molecule has 0 radical (unpaired) electrons. The SMILES string of the molecule is CCNC(=NCCCCN(CC)CC)N(C)Cc1ccccc1. The zero-order chi connectivity index (χ0) is 16.9. The molecule has 4 heteroatoms. The predicted octanol–water partition coefficient (Wildman–Crippen LogP) is 3.21. The van der Waals surface area contributed by atoms with Crippen LogP contribution in [0.5, 0.6) is 0 Å². The molecule has 130 valence electrons. The van der Waals surface area contributed by atoms with Gasteiger partial charge in [-0.05, 0) is 45.0 Å². The largest absolute Gasteiger partial charge is 0.357 e. The van der Waals surface area contributed by atoms with Crippen LogP contribution in [0.4, 0.5) is 0 Å². The van der Waals surface area contributed by atoms with Crippen molar-refractivity contribution in [1.82, 2.24) is 15.1 Å². The van der Waals surface area contributed by atoms with Gasteiger partial charge in [-0.3, -0.25) is 4.99 Å². The maximum Gasteiger partial charge on any atom is 0.193 e. The quantitative estimate of drug-likeness (QED) is 0.408. The first kappa shape index (κ1) is 19.5. The van der Waals surface area contributed by atoms with Gasteiger partial charge in [0.05, 0.1) is 0 Å². The second kappa shape index (κ2) is 11.9. The number of nitrogens with one attached hydrogen (secondary N) is 1. The van der Waals surface area contributed by atoms with Gasteiger partial charge in [0.2, 0.25) is 0 Å². The lowest BCUT2D eigenvalue weighted by molar-refractivity contribution is 0.297. The van der Waals surface area contributed by atoms with Crippen LogP contribution in [0.2, 0.25) is 0 Å². The highest BCUT2D eigenvalue weighted by atomic mass is 15.3. The van der Waals surface area contributed by atoms with E-state index in [1.807, 2.05) is 0 Å². The molecule has 0 amide bonds. The Morgan fingerprint density at radius 3 is 2.35 bits per heavy atom. The summed E-state index contributed by atoms with van der Waals surface area (Å²) in [6, 6.07) is 10.5. The lowest BCUT2D eigenvalue weighted by Crippen LogP contribution is -2.38. The number of rotatable bonds is 10. The van der Waals surface area contributed by atoms with Crippen molar-refractivity contribution in [3.63, 3.8) is 0 Å². The fraction of sp³-hybridized carbons (Fsp3) is 0.632. The smallest absolute Gasteiger partial charge is 0.193 e. The van der Waals surface area contributed by atoms with Crippen LogP contribution < -0.4 is 5.32 Å². The molecule has 0 unspecified atom stereocenters. The van der Waals surface area contributed by atoms with Crippen LogP contribution in [0.3, 0.4) is 0 Å². The average Bonchev–Trinajstić information content (AvgIpc) is 2.58. The fourth-order valence-electron chi connectivity index (χ4n) is 2.57.